The first-order chi connectivity index (χ1) is 11.7. The van der Waals surface area contributed by atoms with Gasteiger partial charge in [-0.25, -0.2) is 0 Å². The van der Waals surface area contributed by atoms with Gasteiger partial charge in [0.2, 0.25) is 0 Å². The van der Waals surface area contributed by atoms with Crippen molar-refractivity contribution in [3.8, 4) is 5.75 Å². The van der Waals surface area contributed by atoms with Crippen LogP contribution in [0, 0.1) is 6.92 Å². The van der Waals surface area contributed by atoms with E-state index in [4.69, 9.17) is 9.15 Å². The Bertz CT molecular complexity index is 669. The van der Waals surface area contributed by atoms with E-state index in [9.17, 15) is 4.79 Å². The van der Waals surface area contributed by atoms with E-state index in [1.807, 2.05) is 31.2 Å². The Labute approximate surface area is 143 Å². The SMILES string of the molecule is Cc1cccc(OCc2ccc(C(=O)NC3CCCCCC3)o2)c1. The predicted octanol–water partition coefficient (Wildman–Crippen LogP) is 4.62. The third-order valence-electron chi connectivity index (χ3n) is 4.45. The van der Waals surface area contributed by atoms with Crippen molar-refractivity contribution in [3.05, 3.63) is 53.5 Å². The lowest BCUT2D eigenvalue weighted by Crippen LogP contribution is -2.34. The van der Waals surface area contributed by atoms with Gasteiger partial charge >= 0.3 is 0 Å². The zero-order valence-corrected chi connectivity index (χ0v) is 14.2. The van der Waals surface area contributed by atoms with Crippen LogP contribution >= 0.6 is 0 Å². The van der Waals surface area contributed by atoms with Crippen LogP contribution in [0.15, 0.2) is 40.8 Å². The fraction of sp³-hybridized carbons (Fsp3) is 0.450. The summed E-state index contributed by atoms with van der Waals surface area (Å²) in [5.74, 6) is 1.70. The van der Waals surface area contributed by atoms with Crippen molar-refractivity contribution < 1.29 is 13.9 Å². The van der Waals surface area contributed by atoms with Crippen molar-refractivity contribution in [2.45, 2.75) is 58.1 Å². The molecule has 0 unspecified atom stereocenters. The van der Waals surface area contributed by atoms with Gasteiger partial charge in [-0.1, -0.05) is 37.8 Å². The molecule has 4 nitrogen and oxygen atoms in total. The lowest BCUT2D eigenvalue weighted by Gasteiger charge is -2.15. The van der Waals surface area contributed by atoms with Gasteiger partial charge in [-0.05, 0) is 49.6 Å². The standard InChI is InChI=1S/C20H25NO3/c1-15-7-6-10-17(13-15)23-14-18-11-12-19(24-18)20(22)21-16-8-4-2-3-5-9-16/h6-7,10-13,16H,2-5,8-9,14H2,1H3,(H,21,22). The highest BCUT2D eigenvalue weighted by Crippen LogP contribution is 2.19. The molecule has 0 atom stereocenters. The number of amides is 1. The number of carbonyl (C=O) groups excluding carboxylic acids is 1. The van der Waals surface area contributed by atoms with Crippen LogP contribution in [0.3, 0.4) is 0 Å². The molecule has 1 aliphatic rings. The summed E-state index contributed by atoms with van der Waals surface area (Å²) in [6.45, 7) is 2.34. The maximum Gasteiger partial charge on any atom is 0.287 e. The van der Waals surface area contributed by atoms with Crippen molar-refractivity contribution in [1.82, 2.24) is 5.32 Å². The van der Waals surface area contributed by atoms with Crippen molar-refractivity contribution in [1.29, 1.82) is 0 Å². The zero-order chi connectivity index (χ0) is 16.8. The number of rotatable bonds is 5. The summed E-state index contributed by atoms with van der Waals surface area (Å²) in [5.41, 5.74) is 1.15. The normalized spacial score (nSPS) is 15.7. The number of nitrogens with one attached hydrogen (secondary N) is 1. The van der Waals surface area contributed by atoms with Crippen LogP contribution in [0.2, 0.25) is 0 Å². The lowest BCUT2D eigenvalue weighted by molar-refractivity contribution is 0.0901. The summed E-state index contributed by atoms with van der Waals surface area (Å²) >= 11 is 0. The second-order valence-corrected chi connectivity index (χ2v) is 6.53. The van der Waals surface area contributed by atoms with Gasteiger partial charge in [0.15, 0.2) is 5.76 Å². The Morgan fingerprint density at radius 2 is 1.96 bits per heavy atom. The molecule has 1 saturated carbocycles. The number of furan rings is 1. The molecule has 0 saturated heterocycles. The van der Waals surface area contributed by atoms with Gasteiger partial charge in [-0.3, -0.25) is 4.79 Å². The second kappa shape index (κ2) is 8.04. The van der Waals surface area contributed by atoms with Crippen molar-refractivity contribution in [2.75, 3.05) is 0 Å². The van der Waals surface area contributed by atoms with Crippen LogP contribution in [-0.2, 0) is 6.61 Å². The van der Waals surface area contributed by atoms with Gasteiger partial charge in [0, 0.05) is 6.04 Å². The first-order valence-electron chi connectivity index (χ1n) is 8.80. The first-order valence-corrected chi connectivity index (χ1v) is 8.80. The van der Waals surface area contributed by atoms with Crippen LogP contribution in [0.1, 0.15) is 60.4 Å². The van der Waals surface area contributed by atoms with Gasteiger partial charge < -0.3 is 14.5 Å². The molecular weight excluding hydrogens is 302 g/mol. The van der Waals surface area contributed by atoms with E-state index >= 15 is 0 Å². The third kappa shape index (κ3) is 4.63. The smallest absolute Gasteiger partial charge is 0.287 e. The maximum atomic E-state index is 12.3. The van der Waals surface area contributed by atoms with Crippen molar-refractivity contribution >= 4 is 5.91 Å². The third-order valence-corrected chi connectivity index (χ3v) is 4.45. The van der Waals surface area contributed by atoms with E-state index in [0.717, 1.165) is 24.2 Å². The summed E-state index contributed by atoms with van der Waals surface area (Å²) in [6.07, 6.45) is 7.06. The zero-order valence-electron chi connectivity index (χ0n) is 14.2. The minimum absolute atomic E-state index is 0.122. The molecule has 1 amide bonds. The van der Waals surface area contributed by atoms with Crippen molar-refractivity contribution in [3.63, 3.8) is 0 Å². The molecule has 1 heterocycles. The molecule has 0 aliphatic heterocycles. The molecule has 128 valence electrons. The van der Waals surface area contributed by atoms with Gasteiger partial charge in [-0.15, -0.1) is 0 Å². The summed E-state index contributed by atoms with van der Waals surface area (Å²) in [5, 5.41) is 3.10. The summed E-state index contributed by atoms with van der Waals surface area (Å²) < 4.78 is 11.3. The molecule has 4 heteroatoms. The van der Waals surface area contributed by atoms with E-state index < -0.39 is 0 Å². The average molecular weight is 327 g/mol. The molecular formula is C20H25NO3. The molecule has 1 aromatic carbocycles. The average Bonchev–Trinajstić information content (AvgIpc) is 2.91. The van der Waals surface area contributed by atoms with E-state index in [0.29, 0.717) is 18.1 Å². The Balaban J connectivity index is 1.53. The van der Waals surface area contributed by atoms with E-state index in [1.165, 1.54) is 25.7 Å². The Morgan fingerprint density at radius 1 is 1.17 bits per heavy atom. The molecule has 0 bridgehead atoms. The van der Waals surface area contributed by atoms with E-state index in [1.54, 1.807) is 12.1 Å². The van der Waals surface area contributed by atoms with Gasteiger partial charge in [-0.2, -0.15) is 0 Å². The maximum absolute atomic E-state index is 12.3. The molecule has 1 N–H and O–H groups in total. The molecule has 2 aromatic rings. The second-order valence-electron chi connectivity index (χ2n) is 6.53. The monoisotopic (exact) mass is 327 g/mol. The van der Waals surface area contributed by atoms with Crippen molar-refractivity contribution in [2.24, 2.45) is 0 Å². The topological polar surface area (TPSA) is 51.5 Å². The van der Waals surface area contributed by atoms with Crippen LogP contribution < -0.4 is 10.1 Å². The molecule has 1 aromatic heterocycles. The van der Waals surface area contributed by atoms with E-state index in [2.05, 4.69) is 5.32 Å². The van der Waals surface area contributed by atoms with Crippen LogP contribution in [0.25, 0.3) is 0 Å². The lowest BCUT2D eigenvalue weighted by atomic mass is 10.1. The van der Waals surface area contributed by atoms with Crippen LogP contribution in [-0.4, -0.2) is 11.9 Å². The molecule has 0 spiro atoms. The van der Waals surface area contributed by atoms with Crippen LogP contribution in [0.5, 0.6) is 5.75 Å². The van der Waals surface area contributed by atoms with Gasteiger partial charge in [0.05, 0.1) is 0 Å². The van der Waals surface area contributed by atoms with Gasteiger partial charge in [0.25, 0.3) is 5.91 Å². The Hall–Kier alpha value is -2.23. The number of hydrogen-bond acceptors (Lipinski definition) is 3. The minimum Gasteiger partial charge on any atom is -0.486 e. The Kier molecular flexibility index (Phi) is 5.57. The van der Waals surface area contributed by atoms with E-state index in [-0.39, 0.29) is 11.9 Å². The molecule has 0 radical (unpaired) electrons. The summed E-state index contributed by atoms with van der Waals surface area (Å²) in [6, 6.07) is 11.7. The number of ether oxygens (including phenoxy) is 1. The fourth-order valence-corrected chi connectivity index (χ4v) is 3.12. The fourth-order valence-electron chi connectivity index (χ4n) is 3.12. The minimum atomic E-state index is -0.122. The first kappa shape index (κ1) is 16.6. The van der Waals surface area contributed by atoms with Crippen LogP contribution in [0.4, 0.5) is 0 Å². The Morgan fingerprint density at radius 3 is 2.71 bits per heavy atom. The summed E-state index contributed by atoms with van der Waals surface area (Å²) in [7, 11) is 0. The highest BCUT2D eigenvalue weighted by Gasteiger charge is 2.18. The number of aryl methyl sites for hydroxylation is 1. The molecule has 24 heavy (non-hydrogen) atoms. The highest BCUT2D eigenvalue weighted by atomic mass is 16.5. The largest absolute Gasteiger partial charge is 0.486 e. The quantitative estimate of drug-likeness (QED) is 0.815. The number of carbonyl (C=O) groups is 1. The molecule has 3 rings (SSSR count). The van der Waals surface area contributed by atoms with Gasteiger partial charge in [0.1, 0.15) is 18.1 Å². The molecule has 1 aliphatic carbocycles. The number of hydrogen-bond donors (Lipinski definition) is 1. The summed E-state index contributed by atoms with van der Waals surface area (Å²) in [4.78, 5) is 12.3. The number of benzene rings is 1. The predicted molar refractivity (Wildman–Crippen MR) is 93.2 cm³/mol. The highest BCUT2D eigenvalue weighted by molar-refractivity contribution is 5.91. The molecule has 1 fully saturated rings.